The number of amides is 1. The summed E-state index contributed by atoms with van der Waals surface area (Å²) in [6.45, 7) is 0.329. The molecule has 1 aromatic heterocycles. The average Bonchev–Trinajstić information content (AvgIpc) is 2.89. The van der Waals surface area contributed by atoms with Gasteiger partial charge in [-0.3, -0.25) is 9.48 Å². The van der Waals surface area contributed by atoms with Crippen LogP contribution in [-0.4, -0.2) is 41.3 Å². The Labute approximate surface area is 127 Å². The first-order valence-corrected chi connectivity index (χ1v) is 6.68. The van der Waals surface area contributed by atoms with Gasteiger partial charge in [0.15, 0.2) is 0 Å². The number of halogens is 2. The predicted octanol–water partition coefficient (Wildman–Crippen LogP) is 2.02. The number of aryl methyl sites for hydroxylation is 1. The Hall–Kier alpha value is -2.44. The van der Waals surface area contributed by atoms with Crippen LogP contribution in [0.15, 0.2) is 24.5 Å². The highest BCUT2D eigenvalue weighted by molar-refractivity contribution is 5.94. The molecule has 0 bridgehead atoms. The summed E-state index contributed by atoms with van der Waals surface area (Å²) < 4.78 is 34.2. The third-order valence-corrected chi connectivity index (χ3v) is 3.31. The smallest absolute Gasteiger partial charge is 0.259 e. The molecule has 1 aromatic carbocycles. The number of ether oxygens (including phenoxy) is 1. The largest absolute Gasteiger partial charge is 0.497 e. The van der Waals surface area contributed by atoms with Crippen LogP contribution in [0.25, 0.3) is 0 Å². The predicted molar refractivity (Wildman–Crippen MR) is 76.8 cm³/mol. The highest BCUT2D eigenvalue weighted by Crippen LogP contribution is 2.21. The van der Waals surface area contributed by atoms with Crippen molar-refractivity contribution in [2.45, 2.75) is 6.42 Å². The van der Waals surface area contributed by atoms with Crippen molar-refractivity contribution < 1.29 is 18.3 Å². The maximum absolute atomic E-state index is 13.9. The minimum Gasteiger partial charge on any atom is -0.497 e. The van der Waals surface area contributed by atoms with Gasteiger partial charge in [-0.1, -0.05) is 0 Å². The van der Waals surface area contributed by atoms with Crippen LogP contribution >= 0.6 is 0 Å². The SMILES string of the molecule is COc1cc(F)c(C(=O)N(C)CCc2cnn(C)c2)c(F)c1. The maximum Gasteiger partial charge on any atom is 0.259 e. The van der Waals surface area contributed by atoms with Gasteiger partial charge in [-0.25, -0.2) is 8.78 Å². The standard InChI is InChI=1S/C15H17F2N3O2/c1-19(5-4-10-8-18-20(2)9-10)15(21)14-12(16)6-11(22-3)7-13(14)17/h6-9H,4-5H2,1-3H3. The van der Waals surface area contributed by atoms with Gasteiger partial charge in [-0.2, -0.15) is 5.10 Å². The molecule has 0 spiro atoms. The van der Waals surface area contributed by atoms with E-state index in [1.165, 1.54) is 19.1 Å². The van der Waals surface area contributed by atoms with E-state index < -0.39 is 23.1 Å². The Balaban J connectivity index is 2.10. The fourth-order valence-electron chi connectivity index (χ4n) is 2.06. The van der Waals surface area contributed by atoms with Crippen molar-refractivity contribution in [1.82, 2.24) is 14.7 Å². The van der Waals surface area contributed by atoms with Crippen molar-refractivity contribution in [1.29, 1.82) is 0 Å². The Bertz CT molecular complexity index is 662. The molecule has 2 rings (SSSR count). The monoisotopic (exact) mass is 309 g/mol. The van der Waals surface area contributed by atoms with Crippen molar-refractivity contribution in [3.05, 3.63) is 47.3 Å². The van der Waals surface area contributed by atoms with Crippen LogP contribution in [0.5, 0.6) is 5.75 Å². The second kappa shape index (κ2) is 6.55. The molecule has 1 heterocycles. The Morgan fingerprint density at radius 3 is 2.50 bits per heavy atom. The van der Waals surface area contributed by atoms with Gasteiger partial charge < -0.3 is 9.64 Å². The van der Waals surface area contributed by atoms with E-state index in [0.29, 0.717) is 13.0 Å². The zero-order chi connectivity index (χ0) is 16.3. The number of rotatable bonds is 5. The van der Waals surface area contributed by atoms with Crippen molar-refractivity contribution in [3.8, 4) is 5.75 Å². The van der Waals surface area contributed by atoms with Crippen molar-refractivity contribution >= 4 is 5.91 Å². The summed E-state index contributed by atoms with van der Waals surface area (Å²) in [7, 11) is 4.60. The first kappa shape index (κ1) is 15.9. The van der Waals surface area contributed by atoms with Gasteiger partial charge in [0.1, 0.15) is 22.9 Å². The fraction of sp³-hybridized carbons (Fsp3) is 0.333. The number of nitrogens with zero attached hydrogens (tertiary/aromatic N) is 3. The lowest BCUT2D eigenvalue weighted by Gasteiger charge is -2.18. The van der Waals surface area contributed by atoms with E-state index in [9.17, 15) is 13.6 Å². The summed E-state index contributed by atoms with van der Waals surface area (Å²) in [6, 6.07) is 1.98. The minimum atomic E-state index is -0.935. The minimum absolute atomic E-state index is 0.0320. The molecule has 0 aliphatic carbocycles. The normalized spacial score (nSPS) is 10.6. The molecule has 0 aliphatic rings. The number of benzene rings is 1. The van der Waals surface area contributed by atoms with Crippen LogP contribution in [-0.2, 0) is 13.5 Å². The summed E-state index contributed by atoms with van der Waals surface area (Å²) in [5, 5.41) is 4.02. The van der Waals surface area contributed by atoms with Gasteiger partial charge in [-0.15, -0.1) is 0 Å². The molecule has 0 N–H and O–H groups in total. The third kappa shape index (κ3) is 3.41. The maximum atomic E-state index is 13.9. The van der Waals surface area contributed by atoms with E-state index in [-0.39, 0.29) is 5.75 Å². The van der Waals surface area contributed by atoms with Crippen molar-refractivity contribution in [3.63, 3.8) is 0 Å². The summed E-state index contributed by atoms with van der Waals surface area (Å²) >= 11 is 0. The van der Waals surface area contributed by atoms with Crippen LogP contribution in [0.1, 0.15) is 15.9 Å². The number of carbonyl (C=O) groups excluding carboxylic acids is 1. The molecule has 2 aromatic rings. The lowest BCUT2D eigenvalue weighted by molar-refractivity contribution is 0.0787. The molecule has 0 atom stereocenters. The van der Waals surface area contributed by atoms with E-state index in [1.54, 1.807) is 17.9 Å². The van der Waals surface area contributed by atoms with E-state index >= 15 is 0 Å². The Morgan fingerprint density at radius 2 is 2.00 bits per heavy atom. The first-order chi connectivity index (χ1) is 10.4. The van der Waals surface area contributed by atoms with Gasteiger partial charge in [0.25, 0.3) is 5.91 Å². The van der Waals surface area contributed by atoms with Crippen LogP contribution in [0, 0.1) is 11.6 Å². The van der Waals surface area contributed by atoms with Crippen LogP contribution in [0.2, 0.25) is 0 Å². The average molecular weight is 309 g/mol. The number of methoxy groups -OCH3 is 1. The zero-order valence-corrected chi connectivity index (χ0v) is 12.6. The lowest BCUT2D eigenvalue weighted by Crippen LogP contribution is -2.30. The van der Waals surface area contributed by atoms with Crippen LogP contribution < -0.4 is 4.74 Å². The highest BCUT2D eigenvalue weighted by atomic mass is 19.1. The molecule has 0 radical (unpaired) electrons. The quantitative estimate of drug-likeness (QED) is 0.849. The Morgan fingerprint density at radius 1 is 1.36 bits per heavy atom. The van der Waals surface area contributed by atoms with E-state index in [4.69, 9.17) is 4.74 Å². The highest BCUT2D eigenvalue weighted by Gasteiger charge is 2.22. The number of hydrogen-bond acceptors (Lipinski definition) is 3. The number of aromatic nitrogens is 2. The topological polar surface area (TPSA) is 47.4 Å². The summed E-state index contributed by atoms with van der Waals surface area (Å²) in [5.74, 6) is -2.55. The molecule has 0 aliphatic heterocycles. The van der Waals surface area contributed by atoms with Crippen LogP contribution in [0.3, 0.4) is 0 Å². The van der Waals surface area contributed by atoms with Gasteiger partial charge in [0.05, 0.1) is 13.3 Å². The number of likely N-dealkylation sites (N-methyl/N-ethyl adjacent to an activating group) is 1. The molecule has 1 amide bonds. The molecule has 0 saturated heterocycles. The van der Waals surface area contributed by atoms with Gasteiger partial charge in [0.2, 0.25) is 0 Å². The molecular weight excluding hydrogens is 292 g/mol. The fourth-order valence-corrected chi connectivity index (χ4v) is 2.06. The van der Waals surface area contributed by atoms with Crippen molar-refractivity contribution in [2.75, 3.05) is 20.7 Å². The molecule has 0 unspecified atom stereocenters. The molecule has 0 saturated carbocycles. The zero-order valence-electron chi connectivity index (χ0n) is 12.6. The van der Waals surface area contributed by atoms with Crippen molar-refractivity contribution in [2.24, 2.45) is 7.05 Å². The molecule has 5 nitrogen and oxygen atoms in total. The van der Waals surface area contributed by atoms with E-state index in [2.05, 4.69) is 5.10 Å². The van der Waals surface area contributed by atoms with E-state index in [1.807, 2.05) is 6.20 Å². The van der Waals surface area contributed by atoms with Gasteiger partial charge >= 0.3 is 0 Å². The summed E-state index contributed by atoms with van der Waals surface area (Å²) in [5.41, 5.74) is 0.368. The second-order valence-electron chi connectivity index (χ2n) is 4.97. The lowest BCUT2D eigenvalue weighted by atomic mass is 10.1. The summed E-state index contributed by atoms with van der Waals surface area (Å²) in [4.78, 5) is 13.5. The molecule has 22 heavy (non-hydrogen) atoms. The first-order valence-electron chi connectivity index (χ1n) is 6.68. The molecular formula is C15H17F2N3O2. The Kier molecular flexibility index (Phi) is 4.75. The number of carbonyl (C=O) groups is 1. The number of hydrogen-bond donors (Lipinski definition) is 0. The van der Waals surface area contributed by atoms with Crippen LogP contribution in [0.4, 0.5) is 8.78 Å². The summed E-state index contributed by atoms with van der Waals surface area (Å²) in [6.07, 6.45) is 4.06. The van der Waals surface area contributed by atoms with E-state index in [0.717, 1.165) is 17.7 Å². The molecule has 7 heteroatoms. The third-order valence-electron chi connectivity index (χ3n) is 3.31. The second-order valence-corrected chi connectivity index (χ2v) is 4.97. The van der Waals surface area contributed by atoms with Gasteiger partial charge in [0, 0.05) is 39.0 Å². The molecule has 0 fully saturated rings. The van der Waals surface area contributed by atoms with Gasteiger partial charge in [-0.05, 0) is 12.0 Å². The molecule has 118 valence electrons.